The van der Waals surface area contributed by atoms with Gasteiger partial charge in [0.05, 0.1) is 15.7 Å². The predicted molar refractivity (Wildman–Crippen MR) is 132 cm³/mol. The molecular weight excluding hydrogens is 462 g/mol. The van der Waals surface area contributed by atoms with Crippen molar-refractivity contribution >= 4 is 40.8 Å². The molecule has 4 heterocycles. The van der Waals surface area contributed by atoms with Gasteiger partial charge in [-0.05, 0) is 44.0 Å². The molecule has 172 valence electrons. The summed E-state index contributed by atoms with van der Waals surface area (Å²) in [5.74, 6) is 1.89. The Labute approximate surface area is 203 Å². The number of benzene rings is 1. The van der Waals surface area contributed by atoms with Gasteiger partial charge in [0.25, 0.3) is 0 Å². The number of hydrogen-bond acceptors (Lipinski definition) is 6. The van der Waals surface area contributed by atoms with Crippen LogP contribution in [0.15, 0.2) is 42.6 Å². The highest BCUT2D eigenvalue weighted by Gasteiger charge is 2.28. The van der Waals surface area contributed by atoms with Crippen molar-refractivity contribution in [3.05, 3.63) is 58.5 Å². The summed E-state index contributed by atoms with van der Waals surface area (Å²) in [6, 6.07) is 10.6. The van der Waals surface area contributed by atoms with E-state index in [9.17, 15) is 4.39 Å². The number of pyridine rings is 1. The average molecular weight is 487 g/mol. The summed E-state index contributed by atoms with van der Waals surface area (Å²) < 4.78 is 14.2. The van der Waals surface area contributed by atoms with Gasteiger partial charge in [-0.15, -0.1) is 0 Å². The van der Waals surface area contributed by atoms with Crippen molar-refractivity contribution in [3.8, 4) is 11.3 Å². The van der Waals surface area contributed by atoms with Crippen LogP contribution in [0, 0.1) is 5.82 Å². The van der Waals surface area contributed by atoms with Crippen molar-refractivity contribution in [2.75, 3.05) is 47.4 Å². The standard InChI is InChI=1S/C24H25Cl2FN6/c1-16-15-32(23-19(26)5-4-8-28-23)11-12-33(16)22-14-21(17-6-7-18(25)20(27)13-17)29-24(30-22)31-9-2-3-10-31/h4-8,13-14,16H,2-3,9-12,15H2,1H3. The van der Waals surface area contributed by atoms with Gasteiger partial charge in [-0.3, -0.25) is 0 Å². The molecule has 2 aromatic heterocycles. The molecule has 0 N–H and O–H groups in total. The van der Waals surface area contributed by atoms with Crippen molar-refractivity contribution < 1.29 is 4.39 Å². The fourth-order valence-electron chi connectivity index (χ4n) is 4.53. The van der Waals surface area contributed by atoms with Crippen molar-refractivity contribution in [3.63, 3.8) is 0 Å². The normalized spacial score (nSPS) is 18.8. The van der Waals surface area contributed by atoms with Gasteiger partial charge in [0.15, 0.2) is 0 Å². The maximum absolute atomic E-state index is 14.2. The minimum atomic E-state index is -0.453. The van der Waals surface area contributed by atoms with E-state index >= 15 is 0 Å². The first kappa shape index (κ1) is 22.2. The number of piperazine rings is 1. The van der Waals surface area contributed by atoms with Crippen LogP contribution in [0.25, 0.3) is 11.3 Å². The first-order valence-corrected chi connectivity index (χ1v) is 12.0. The van der Waals surface area contributed by atoms with Gasteiger partial charge in [0.2, 0.25) is 5.95 Å². The van der Waals surface area contributed by atoms with Crippen LogP contribution in [-0.4, -0.2) is 53.7 Å². The van der Waals surface area contributed by atoms with Crippen molar-refractivity contribution in [2.45, 2.75) is 25.8 Å². The first-order valence-electron chi connectivity index (χ1n) is 11.2. The van der Waals surface area contributed by atoms with Crippen LogP contribution in [0.3, 0.4) is 0 Å². The number of rotatable bonds is 4. The minimum absolute atomic E-state index is 0.103. The lowest BCUT2D eigenvalue weighted by molar-refractivity contribution is 0.542. The summed E-state index contributed by atoms with van der Waals surface area (Å²) in [5.41, 5.74) is 1.38. The molecule has 3 aromatic rings. The molecule has 33 heavy (non-hydrogen) atoms. The van der Waals surface area contributed by atoms with Crippen LogP contribution in [0.2, 0.25) is 10.0 Å². The molecule has 9 heteroatoms. The first-order chi connectivity index (χ1) is 16.0. The van der Waals surface area contributed by atoms with Crippen LogP contribution in [0.1, 0.15) is 19.8 Å². The van der Waals surface area contributed by atoms with E-state index in [1.54, 1.807) is 18.3 Å². The maximum Gasteiger partial charge on any atom is 0.227 e. The Morgan fingerprint density at radius 1 is 0.939 bits per heavy atom. The third-order valence-corrected chi connectivity index (χ3v) is 6.87. The lowest BCUT2D eigenvalue weighted by atomic mass is 10.1. The van der Waals surface area contributed by atoms with E-state index in [4.69, 9.17) is 33.2 Å². The summed E-state index contributed by atoms with van der Waals surface area (Å²) in [5, 5.41) is 0.759. The average Bonchev–Trinajstić information content (AvgIpc) is 3.36. The third kappa shape index (κ3) is 4.57. The maximum atomic E-state index is 14.2. The molecule has 2 aliphatic heterocycles. The topological polar surface area (TPSA) is 48.4 Å². The second-order valence-corrected chi connectivity index (χ2v) is 9.35. The van der Waals surface area contributed by atoms with Crippen LogP contribution >= 0.6 is 23.2 Å². The quantitative estimate of drug-likeness (QED) is 0.498. The highest BCUT2D eigenvalue weighted by Crippen LogP contribution is 2.31. The van der Waals surface area contributed by atoms with Crippen LogP contribution < -0.4 is 14.7 Å². The number of hydrogen-bond donors (Lipinski definition) is 0. The fourth-order valence-corrected chi connectivity index (χ4v) is 4.89. The Balaban J connectivity index is 1.47. The van der Waals surface area contributed by atoms with Crippen molar-refractivity contribution in [2.24, 2.45) is 0 Å². The SMILES string of the molecule is CC1CN(c2ncccc2Cl)CCN1c1cc(-c2ccc(Cl)c(F)c2)nc(N2CCCC2)n1. The van der Waals surface area contributed by atoms with Gasteiger partial charge in [-0.25, -0.2) is 14.4 Å². The van der Waals surface area contributed by atoms with Gasteiger partial charge in [0, 0.05) is 56.6 Å². The van der Waals surface area contributed by atoms with E-state index in [2.05, 4.69) is 26.6 Å². The molecule has 6 nitrogen and oxygen atoms in total. The zero-order valence-corrected chi connectivity index (χ0v) is 19.9. The Morgan fingerprint density at radius 3 is 2.48 bits per heavy atom. The van der Waals surface area contributed by atoms with Crippen molar-refractivity contribution in [1.82, 2.24) is 15.0 Å². The van der Waals surface area contributed by atoms with Crippen molar-refractivity contribution in [1.29, 1.82) is 0 Å². The molecular formula is C24H25Cl2FN6. The molecule has 0 amide bonds. The smallest absolute Gasteiger partial charge is 0.227 e. The fraction of sp³-hybridized carbons (Fsp3) is 0.375. The van der Waals surface area contributed by atoms with E-state index in [0.717, 1.165) is 57.2 Å². The largest absolute Gasteiger partial charge is 0.352 e. The summed E-state index contributed by atoms with van der Waals surface area (Å²) in [4.78, 5) is 20.9. The van der Waals surface area contributed by atoms with Gasteiger partial charge >= 0.3 is 0 Å². The monoisotopic (exact) mass is 486 g/mol. The number of aromatic nitrogens is 3. The van der Waals surface area contributed by atoms with Gasteiger partial charge < -0.3 is 14.7 Å². The van der Waals surface area contributed by atoms with E-state index < -0.39 is 5.82 Å². The second kappa shape index (κ2) is 9.31. The molecule has 5 rings (SSSR count). The van der Waals surface area contributed by atoms with Crippen LogP contribution in [0.5, 0.6) is 0 Å². The Kier molecular flexibility index (Phi) is 6.25. The molecule has 1 atom stereocenters. The molecule has 0 saturated carbocycles. The molecule has 1 aromatic carbocycles. The molecule has 0 aliphatic carbocycles. The molecule has 2 fully saturated rings. The van der Waals surface area contributed by atoms with Gasteiger partial charge in [-0.1, -0.05) is 29.3 Å². The zero-order chi connectivity index (χ0) is 22.9. The molecule has 2 aliphatic rings. The predicted octanol–water partition coefficient (Wildman–Crippen LogP) is 5.30. The molecule has 0 radical (unpaired) electrons. The summed E-state index contributed by atoms with van der Waals surface area (Å²) in [7, 11) is 0. The highest BCUT2D eigenvalue weighted by molar-refractivity contribution is 6.33. The second-order valence-electron chi connectivity index (χ2n) is 8.53. The zero-order valence-electron chi connectivity index (χ0n) is 18.4. The lowest BCUT2D eigenvalue weighted by Gasteiger charge is -2.41. The molecule has 0 spiro atoms. The van der Waals surface area contributed by atoms with Gasteiger partial charge in [-0.2, -0.15) is 4.98 Å². The van der Waals surface area contributed by atoms with Gasteiger partial charge in [0.1, 0.15) is 17.5 Å². The summed E-state index contributed by atoms with van der Waals surface area (Å²) >= 11 is 12.3. The van der Waals surface area contributed by atoms with E-state index in [1.807, 2.05) is 18.2 Å². The van der Waals surface area contributed by atoms with Crippen LogP contribution in [-0.2, 0) is 0 Å². The Morgan fingerprint density at radius 2 is 1.76 bits per heavy atom. The minimum Gasteiger partial charge on any atom is -0.352 e. The number of nitrogens with zero attached hydrogens (tertiary/aromatic N) is 6. The number of halogens is 3. The Bertz CT molecular complexity index is 1150. The van der Waals surface area contributed by atoms with E-state index in [-0.39, 0.29) is 11.1 Å². The summed E-state index contributed by atoms with van der Waals surface area (Å²) in [6.45, 7) is 6.33. The molecule has 1 unspecified atom stereocenters. The number of anilines is 3. The van der Waals surface area contributed by atoms with E-state index in [0.29, 0.717) is 22.2 Å². The molecule has 2 saturated heterocycles. The molecule has 0 bridgehead atoms. The lowest BCUT2D eigenvalue weighted by Crippen LogP contribution is -2.52. The van der Waals surface area contributed by atoms with Crippen LogP contribution in [0.4, 0.5) is 22.0 Å². The van der Waals surface area contributed by atoms with E-state index in [1.165, 1.54) is 6.07 Å². The summed E-state index contributed by atoms with van der Waals surface area (Å²) in [6.07, 6.45) is 4.01. The third-order valence-electron chi connectivity index (χ3n) is 6.27. The Hall–Kier alpha value is -2.64. The highest BCUT2D eigenvalue weighted by atomic mass is 35.5.